The van der Waals surface area contributed by atoms with Gasteiger partial charge in [-0.05, 0) is 20.3 Å². The molecule has 14 heavy (non-hydrogen) atoms. The molecule has 0 radical (unpaired) electrons. The molecule has 0 bridgehead atoms. The van der Waals surface area contributed by atoms with Crippen molar-refractivity contribution in [3.63, 3.8) is 0 Å². The summed E-state index contributed by atoms with van der Waals surface area (Å²) in [4.78, 5) is 13.5. The number of methoxy groups -OCH3 is 1. The maximum absolute atomic E-state index is 11.8. The summed E-state index contributed by atoms with van der Waals surface area (Å²) >= 11 is 0. The fourth-order valence-electron chi connectivity index (χ4n) is 1.05. The Kier molecular flexibility index (Phi) is 5.08. The smallest absolute Gasteiger partial charge is 0.253 e. The largest absolute Gasteiger partial charge is 0.370 e. The Morgan fingerprint density at radius 1 is 1.57 bits per heavy atom. The highest BCUT2D eigenvalue weighted by Gasteiger charge is 2.29. The van der Waals surface area contributed by atoms with E-state index in [-0.39, 0.29) is 18.0 Å². The van der Waals surface area contributed by atoms with E-state index < -0.39 is 6.10 Å². The van der Waals surface area contributed by atoms with Crippen LogP contribution < -0.4 is 5.73 Å². The van der Waals surface area contributed by atoms with Gasteiger partial charge in [0.2, 0.25) is 0 Å². The third-order valence-electron chi connectivity index (χ3n) is 2.88. The van der Waals surface area contributed by atoms with Crippen LogP contribution in [0.5, 0.6) is 0 Å². The van der Waals surface area contributed by atoms with Crippen molar-refractivity contribution < 1.29 is 9.53 Å². The summed E-state index contributed by atoms with van der Waals surface area (Å²) in [5.41, 5.74) is 5.28. The van der Waals surface area contributed by atoms with Gasteiger partial charge in [0.25, 0.3) is 5.91 Å². The van der Waals surface area contributed by atoms with Crippen molar-refractivity contribution in [2.24, 2.45) is 5.73 Å². The molecule has 1 unspecified atom stereocenters. The lowest BCUT2D eigenvalue weighted by molar-refractivity contribution is -0.145. The summed E-state index contributed by atoms with van der Waals surface area (Å²) in [6.07, 6.45) is 0.377. The van der Waals surface area contributed by atoms with E-state index in [0.717, 1.165) is 6.42 Å². The first-order chi connectivity index (χ1) is 6.40. The van der Waals surface area contributed by atoms with E-state index in [0.29, 0.717) is 0 Å². The van der Waals surface area contributed by atoms with Crippen LogP contribution in [-0.2, 0) is 9.53 Å². The first kappa shape index (κ1) is 13.4. The summed E-state index contributed by atoms with van der Waals surface area (Å²) in [5, 5.41) is 0. The first-order valence-electron chi connectivity index (χ1n) is 4.91. The monoisotopic (exact) mass is 202 g/mol. The van der Waals surface area contributed by atoms with Gasteiger partial charge in [0.05, 0.1) is 0 Å². The first-order valence-corrected chi connectivity index (χ1v) is 4.91. The highest BCUT2D eigenvalue weighted by atomic mass is 16.5. The molecule has 0 aliphatic heterocycles. The van der Waals surface area contributed by atoms with Crippen molar-refractivity contribution in [2.45, 2.75) is 38.8 Å². The van der Waals surface area contributed by atoms with Crippen molar-refractivity contribution in [3.05, 3.63) is 0 Å². The highest BCUT2D eigenvalue weighted by Crippen LogP contribution is 2.17. The van der Waals surface area contributed by atoms with E-state index in [1.807, 2.05) is 20.8 Å². The number of hydrogen-bond acceptors (Lipinski definition) is 3. The van der Waals surface area contributed by atoms with Gasteiger partial charge in [-0.1, -0.05) is 6.92 Å². The number of hydrogen-bond donors (Lipinski definition) is 1. The minimum Gasteiger partial charge on any atom is -0.370 e. The lowest BCUT2D eigenvalue weighted by Crippen LogP contribution is -2.51. The van der Waals surface area contributed by atoms with E-state index in [2.05, 4.69) is 0 Å². The summed E-state index contributed by atoms with van der Waals surface area (Å²) in [6.45, 7) is 6.32. The second-order valence-electron chi connectivity index (χ2n) is 4.02. The van der Waals surface area contributed by atoms with Crippen LogP contribution in [0.15, 0.2) is 0 Å². The molecule has 0 rings (SSSR count). The van der Waals surface area contributed by atoms with Gasteiger partial charge in [0.15, 0.2) is 0 Å². The standard InChI is InChI=1S/C10H22N2O2/c1-6-10(2,3)12(4)9(13)8(7-11)14-5/h8H,6-7,11H2,1-5H3. The molecule has 84 valence electrons. The zero-order chi connectivity index (χ0) is 11.4. The van der Waals surface area contributed by atoms with Gasteiger partial charge in [0.1, 0.15) is 6.10 Å². The summed E-state index contributed by atoms with van der Waals surface area (Å²) < 4.78 is 5.01. The molecule has 0 aliphatic carbocycles. The van der Waals surface area contributed by atoms with Gasteiger partial charge in [-0.15, -0.1) is 0 Å². The van der Waals surface area contributed by atoms with Crippen LogP contribution >= 0.6 is 0 Å². The van der Waals surface area contributed by atoms with Gasteiger partial charge in [0, 0.05) is 26.2 Å². The maximum atomic E-state index is 11.8. The molecular formula is C10H22N2O2. The minimum absolute atomic E-state index is 0.0538. The zero-order valence-corrected chi connectivity index (χ0v) is 9.83. The SMILES string of the molecule is CCC(C)(C)N(C)C(=O)C(CN)OC. The van der Waals surface area contributed by atoms with Crippen molar-refractivity contribution in [3.8, 4) is 0 Å². The number of carbonyl (C=O) groups is 1. The van der Waals surface area contributed by atoms with Crippen LogP contribution in [0.4, 0.5) is 0 Å². The summed E-state index contributed by atoms with van der Waals surface area (Å²) in [6, 6.07) is 0. The van der Waals surface area contributed by atoms with Gasteiger partial charge in [-0.25, -0.2) is 0 Å². The van der Waals surface area contributed by atoms with Crippen LogP contribution in [0, 0.1) is 0 Å². The average Bonchev–Trinajstić information content (AvgIpc) is 2.18. The molecule has 2 N–H and O–H groups in total. The predicted octanol–water partition coefficient (Wildman–Crippen LogP) is 0.607. The Bertz CT molecular complexity index is 189. The van der Waals surface area contributed by atoms with Crippen LogP contribution in [-0.4, -0.2) is 43.2 Å². The van der Waals surface area contributed by atoms with Crippen molar-refractivity contribution in [2.75, 3.05) is 20.7 Å². The molecule has 0 heterocycles. The Morgan fingerprint density at radius 3 is 2.36 bits per heavy atom. The summed E-state index contributed by atoms with van der Waals surface area (Å²) in [5.74, 6) is -0.0538. The second-order valence-corrected chi connectivity index (χ2v) is 4.02. The average molecular weight is 202 g/mol. The molecule has 0 saturated carbocycles. The van der Waals surface area contributed by atoms with Crippen molar-refractivity contribution in [1.29, 1.82) is 0 Å². The van der Waals surface area contributed by atoms with E-state index in [1.165, 1.54) is 7.11 Å². The Balaban J connectivity index is 4.52. The molecule has 1 atom stereocenters. The lowest BCUT2D eigenvalue weighted by atomic mass is 9.99. The molecule has 0 fully saturated rings. The third kappa shape index (κ3) is 2.96. The van der Waals surface area contributed by atoms with Crippen LogP contribution in [0.3, 0.4) is 0 Å². The molecule has 0 aromatic rings. The van der Waals surface area contributed by atoms with E-state index >= 15 is 0 Å². The zero-order valence-electron chi connectivity index (χ0n) is 9.83. The number of carbonyl (C=O) groups excluding carboxylic acids is 1. The van der Waals surface area contributed by atoms with Gasteiger partial charge < -0.3 is 15.4 Å². The van der Waals surface area contributed by atoms with Crippen LogP contribution in [0.25, 0.3) is 0 Å². The van der Waals surface area contributed by atoms with E-state index in [4.69, 9.17) is 10.5 Å². The maximum Gasteiger partial charge on any atom is 0.253 e. The predicted molar refractivity (Wildman–Crippen MR) is 57.0 cm³/mol. The number of likely N-dealkylation sites (N-methyl/N-ethyl adjacent to an activating group) is 1. The van der Waals surface area contributed by atoms with Gasteiger partial charge in [-0.2, -0.15) is 0 Å². The highest BCUT2D eigenvalue weighted by molar-refractivity contribution is 5.81. The Labute approximate surface area is 86.4 Å². The fourth-order valence-corrected chi connectivity index (χ4v) is 1.05. The second kappa shape index (κ2) is 5.32. The molecule has 0 aromatic heterocycles. The molecular weight excluding hydrogens is 180 g/mol. The van der Waals surface area contributed by atoms with Crippen molar-refractivity contribution >= 4 is 5.91 Å². The molecule has 4 heteroatoms. The van der Waals surface area contributed by atoms with E-state index in [9.17, 15) is 4.79 Å². The van der Waals surface area contributed by atoms with Gasteiger partial charge in [-0.3, -0.25) is 4.79 Å². The quantitative estimate of drug-likeness (QED) is 0.710. The fraction of sp³-hybridized carbons (Fsp3) is 0.900. The molecule has 0 spiro atoms. The number of amides is 1. The molecule has 1 amide bonds. The van der Waals surface area contributed by atoms with Gasteiger partial charge >= 0.3 is 0 Å². The third-order valence-corrected chi connectivity index (χ3v) is 2.88. The van der Waals surface area contributed by atoms with Crippen molar-refractivity contribution in [1.82, 2.24) is 4.90 Å². The molecule has 0 saturated heterocycles. The lowest BCUT2D eigenvalue weighted by Gasteiger charge is -2.36. The Hall–Kier alpha value is -0.610. The molecule has 4 nitrogen and oxygen atoms in total. The van der Waals surface area contributed by atoms with E-state index in [1.54, 1.807) is 11.9 Å². The minimum atomic E-state index is -0.522. The molecule has 0 aromatic carbocycles. The number of nitrogens with two attached hydrogens (primary N) is 1. The number of nitrogens with zero attached hydrogens (tertiary/aromatic N) is 1. The number of ether oxygens (including phenoxy) is 1. The van der Waals surface area contributed by atoms with Crippen LogP contribution in [0.2, 0.25) is 0 Å². The normalized spacial score (nSPS) is 13.9. The Morgan fingerprint density at radius 2 is 2.07 bits per heavy atom. The number of rotatable bonds is 5. The van der Waals surface area contributed by atoms with Crippen LogP contribution in [0.1, 0.15) is 27.2 Å². The summed E-state index contributed by atoms with van der Waals surface area (Å²) in [7, 11) is 3.29. The topological polar surface area (TPSA) is 55.6 Å². The molecule has 0 aliphatic rings.